The molecule has 112 heavy (non-hydrogen) atoms. The molecule has 0 unspecified atom stereocenters. The van der Waals surface area contributed by atoms with E-state index in [0.717, 1.165) is 112 Å². The predicted molar refractivity (Wildman–Crippen MR) is 451 cm³/mol. The van der Waals surface area contributed by atoms with E-state index in [0.29, 0.717) is 0 Å². The monoisotopic (exact) mass is 1770 g/mol. The zero-order valence-corrected chi connectivity index (χ0v) is 74.5. The Kier molecular flexibility index (Phi) is 40.8. The average molecular weight is 1770 g/mol. The third-order valence-corrected chi connectivity index (χ3v) is 27.1. The van der Waals surface area contributed by atoms with E-state index in [9.17, 15) is 51.9 Å². The molecule has 0 fully saturated rings. The molecule has 608 valence electrons. The Balaban J connectivity index is 0.000000376. The summed E-state index contributed by atoms with van der Waals surface area (Å²) in [5.41, 5.74) is 11.8. The number of hydrogen-bond donors (Lipinski definition) is 4. The van der Waals surface area contributed by atoms with Crippen molar-refractivity contribution < 1.29 is 92.2 Å². The standard InChI is InChI=1S/C58H76N4OP2.4C7H8O3S.2ClH.Pd/c1-11-59(12-2)41-47-21-29-51(30-22-47)64(52-31-23-48(24-32-52)42-60(13-3)14-4)57-39-45(9)19-37-55(57)63-56-38-20-46(10)40-58(56)65(53-33-25-49(26-34-53)43-61(15-5)16-6)54-35-27-50(28-36-54)44-62(17-7)18-8;4*1-6-2-4-7(5-3-6)11(8,9)10;;;/h19-40H,11-18,41-44H2,1-10H3;4*2-5H,1H3,(H,8,9,10);2*1H;/q;;;;;;;+2/p-2. The molecule has 0 spiro atoms. The van der Waals surface area contributed by atoms with Gasteiger partial charge in [0.2, 0.25) is 0 Å². The van der Waals surface area contributed by atoms with Gasteiger partial charge in [0.15, 0.2) is 0 Å². The van der Waals surface area contributed by atoms with Crippen molar-refractivity contribution in [2.75, 3.05) is 52.4 Å². The van der Waals surface area contributed by atoms with E-state index < -0.39 is 56.3 Å². The topological polar surface area (TPSA) is 256 Å². The van der Waals surface area contributed by atoms with Crippen molar-refractivity contribution in [2.24, 2.45) is 0 Å². The fourth-order valence-electron chi connectivity index (χ4n) is 11.8. The number of rotatable bonds is 28. The minimum absolute atomic E-state index is 0.106. The summed E-state index contributed by atoms with van der Waals surface area (Å²) in [5, 5.41) is 7.90. The van der Waals surface area contributed by atoms with Gasteiger partial charge in [-0.05, 0) is 207 Å². The molecule has 0 aromatic heterocycles. The van der Waals surface area contributed by atoms with E-state index >= 15 is 0 Å². The first-order valence-electron chi connectivity index (χ1n) is 37.2. The summed E-state index contributed by atoms with van der Waals surface area (Å²) in [7, 11) is -9.34. The van der Waals surface area contributed by atoms with Crippen LogP contribution in [-0.4, -0.2) is 104 Å². The molecular formula is C86H108Cl2N4O13P2PdS4. The molecule has 4 N–H and O–H groups in total. The van der Waals surface area contributed by atoms with Gasteiger partial charge in [-0.25, -0.2) is 33.7 Å². The fraction of sp³-hybridized carbons (Fsp3) is 0.302. The second-order valence-corrected chi connectivity index (χ2v) is 39.3. The molecule has 10 aromatic rings. The van der Waals surface area contributed by atoms with Crippen LogP contribution in [0.4, 0.5) is 0 Å². The molecule has 10 rings (SSSR count). The minimum atomic E-state index is -4.27. The first kappa shape index (κ1) is 96.2. The molecule has 0 bridgehead atoms. The van der Waals surface area contributed by atoms with Crippen LogP contribution in [-0.2, 0) is 82.6 Å². The van der Waals surface area contributed by atoms with E-state index in [1.54, 1.807) is 68.1 Å². The van der Waals surface area contributed by atoms with E-state index in [4.69, 9.17) is 23.8 Å². The van der Waals surface area contributed by atoms with Gasteiger partial charge >= 0.3 is 35.0 Å². The number of halogens is 2. The zero-order chi connectivity index (χ0) is 82.9. The van der Waals surface area contributed by atoms with Crippen molar-refractivity contribution >= 4 is 107 Å². The van der Waals surface area contributed by atoms with Crippen molar-refractivity contribution in [3.05, 3.63) is 286 Å². The summed E-state index contributed by atoms with van der Waals surface area (Å²) in [6.07, 6.45) is 0. The summed E-state index contributed by atoms with van der Waals surface area (Å²) < 4.78 is 132. The third-order valence-electron chi connectivity index (χ3n) is 18.8. The van der Waals surface area contributed by atoms with Crippen LogP contribution < -0.4 is 56.2 Å². The second kappa shape index (κ2) is 47.6. The van der Waals surface area contributed by atoms with Gasteiger partial charge in [-0.3, -0.25) is 0 Å². The Morgan fingerprint density at radius 2 is 0.455 bits per heavy atom. The first-order valence-corrected chi connectivity index (χ1v) is 49.5. The van der Waals surface area contributed by atoms with Crippen LogP contribution in [0, 0.1) is 41.5 Å². The molecule has 0 heterocycles. The second-order valence-electron chi connectivity index (χ2n) is 27.0. The van der Waals surface area contributed by atoms with Gasteiger partial charge < -0.3 is 42.5 Å². The van der Waals surface area contributed by atoms with Crippen LogP contribution >= 0.6 is 34.9 Å². The number of hydrogen-bond acceptors (Lipinski definition) is 13. The van der Waals surface area contributed by atoms with Gasteiger partial charge in [-0.15, -0.1) is 0 Å². The van der Waals surface area contributed by atoms with Gasteiger partial charge in [-0.2, -0.15) is 0 Å². The van der Waals surface area contributed by atoms with Crippen LogP contribution in [0.3, 0.4) is 0 Å². The first-order chi connectivity index (χ1) is 53.0. The van der Waals surface area contributed by atoms with Crippen molar-refractivity contribution in [3.8, 4) is 11.5 Å². The molecule has 17 nitrogen and oxygen atoms in total. The quantitative estimate of drug-likeness (QED) is 0.0202. The Labute approximate surface area is 686 Å². The summed E-state index contributed by atoms with van der Waals surface area (Å²) in [5.74, 6) is 1.87. The molecular weight excluding hydrogens is 1660 g/mol. The number of ether oxygens (including phenoxy) is 1. The molecule has 10 aromatic carbocycles. The third kappa shape index (κ3) is 32.3. The van der Waals surface area contributed by atoms with Crippen molar-refractivity contribution in [1.29, 1.82) is 0 Å². The van der Waals surface area contributed by atoms with Gasteiger partial charge in [0.05, 0.1) is 71.9 Å². The van der Waals surface area contributed by atoms with Gasteiger partial charge in [-0.1, -0.05) is 191 Å². The van der Waals surface area contributed by atoms with Gasteiger partial charge in [0.25, 0.3) is 0 Å². The molecule has 0 aliphatic heterocycles. The van der Waals surface area contributed by atoms with Crippen LogP contribution in [0.1, 0.15) is 111 Å². The fourth-order valence-corrected chi connectivity index (χ4v) is 18.5. The number of benzene rings is 10. The van der Waals surface area contributed by atoms with E-state index in [1.165, 1.54) is 114 Å². The van der Waals surface area contributed by atoms with Crippen LogP contribution in [0.2, 0.25) is 0 Å². The molecule has 0 aliphatic rings. The molecule has 0 radical (unpaired) electrons. The average Bonchev–Trinajstić information content (AvgIpc) is 0.777. The number of nitrogens with one attached hydrogen (secondary N) is 4. The van der Waals surface area contributed by atoms with Crippen LogP contribution in [0.5, 0.6) is 11.5 Å². The summed E-state index contributed by atoms with van der Waals surface area (Å²) in [6, 6.07) is 75.0. The SMILES string of the molecule is CC[NH+](CC)Cc1ccc(P(c2ccc(C[NH+](CC)CC)cc2)c2cc(C)ccc2Oc2ccc(C)cc2P(c2ccc(C[NH+](CC)CC)cc2)c2ccc(C[NH+](CC)CC)cc2)cc1.Cc1ccc(S(=O)(=O)[O-])cc1.Cc1ccc(S(=O)(=O)[O-])cc1.Cc1ccc(S(=O)(=O)[O-])cc1.Cc1ccc(S(=O)(=O)[O-])cc1.[Cl][Pd][Cl]. The summed E-state index contributed by atoms with van der Waals surface area (Å²) >= 11 is -0.106. The molecule has 0 saturated carbocycles. The number of aryl methyl sites for hydroxylation is 6. The molecule has 26 heteroatoms. The molecule has 0 atom stereocenters. The zero-order valence-electron chi connectivity index (χ0n) is 66.3. The van der Waals surface area contributed by atoms with Crippen molar-refractivity contribution in [2.45, 2.75) is 143 Å². The Morgan fingerprint density at radius 3 is 0.616 bits per heavy atom. The van der Waals surface area contributed by atoms with Crippen LogP contribution in [0.25, 0.3) is 0 Å². The normalized spacial score (nSPS) is 11.6. The van der Waals surface area contributed by atoms with Crippen molar-refractivity contribution in [3.63, 3.8) is 0 Å². The Morgan fingerprint density at radius 1 is 0.286 bits per heavy atom. The van der Waals surface area contributed by atoms with Crippen molar-refractivity contribution in [1.82, 2.24) is 0 Å². The number of quaternary nitrogens is 4. The van der Waals surface area contributed by atoms with E-state index in [2.05, 4.69) is 203 Å². The van der Waals surface area contributed by atoms with E-state index in [-0.39, 0.29) is 35.5 Å². The summed E-state index contributed by atoms with van der Waals surface area (Å²) in [4.78, 5) is 5.69. The maximum absolute atomic E-state index is 10.4. The molecule has 0 saturated heterocycles. The summed E-state index contributed by atoms with van der Waals surface area (Å²) in [6.45, 7) is 43.3. The molecule has 0 amide bonds. The Bertz CT molecular complexity index is 4380. The maximum atomic E-state index is 10.4. The van der Waals surface area contributed by atoms with Crippen LogP contribution in [0.15, 0.2) is 250 Å². The van der Waals surface area contributed by atoms with Gasteiger partial charge in [0.1, 0.15) is 78.2 Å². The molecule has 0 aliphatic carbocycles. The van der Waals surface area contributed by atoms with E-state index in [1.807, 2.05) is 27.7 Å². The Hall–Kier alpha value is -6.42. The predicted octanol–water partition coefficient (Wildman–Crippen LogP) is 10.3. The van der Waals surface area contributed by atoms with Gasteiger partial charge in [0, 0.05) is 32.9 Å².